The molecule has 4 rings (SSSR count). The SMILES string of the molecule is CCn1nccc1-c1cccc(-c2noc(-c3ccc(C)c(C)c3)n2)c1. The van der Waals surface area contributed by atoms with Crippen LogP contribution < -0.4 is 0 Å². The topological polar surface area (TPSA) is 56.7 Å². The van der Waals surface area contributed by atoms with Gasteiger partial charge in [0.05, 0.1) is 5.69 Å². The summed E-state index contributed by atoms with van der Waals surface area (Å²) in [6.07, 6.45) is 1.82. The van der Waals surface area contributed by atoms with E-state index in [4.69, 9.17) is 4.52 Å². The number of aryl methyl sites for hydroxylation is 3. The molecule has 0 aliphatic carbocycles. The Morgan fingerprint density at radius 2 is 1.77 bits per heavy atom. The predicted octanol–water partition coefficient (Wildman–Crippen LogP) is 4.90. The molecule has 0 spiro atoms. The molecule has 0 radical (unpaired) electrons. The molecule has 0 aliphatic heterocycles. The van der Waals surface area contributed by atoms with Crippen LogP contribution in [0, 0.1) is 13.8 Å². The van der Waals surface area contributed by atoms with E-state index >= 15 is 0 Å². The molecule has 0 amide bonds. The highest BCUT2D eigenvalue weighted by atomic mass is 16.5. The first-order valence-corrected chi connectivity index (χ1v) is 8.69. The minimum absolute atomic E-state index is 0.534. The van der Waals surface area contributed by atoms with Crippen LogP contribution in [0.3, 0.4) is 0 Å². The second-order valence-electron chi connectivity index (χ2n) is 6.34. The summed E-state index contributed by atoms with van der Waals surface area (Å²) in [5.41, 5.74) is 6.47. The van der Waals surface area contributed by atoms with Crippen molar-refractivity contribution in [2.45, 2.75) is 27.3 Å². The highest BCUT2D eigenvalue weighted by molar-refractivity contribution is 5.69. The zero-order valence-corrected chi connectivity index (χ0v) is 15.1. The minimum atomic E-state index is 0.534. The van der Waals surface area contributed by atoms with Crippen LogP contribution in [-0.2, 0) is 6.54 Å². The van der Waals surface area contributed by atoms with Gasteiger partial charge in [-0.25, -0.2) is 0 Å². The lowest BCUT2D eigenvalue weighted by molar-refractivity contribution is 0.432. The van der Waals surface area contributed by atoms with E-state index in [0.717, 1.165) is 28.9 Å². The number of aromatic nitrogens is 4. The fourth-order valence-electron chi connectivity index (χ4n) is 2.98. The van der Waals surface area contributed by atoms with Gasteiger partial charge in [0, 0.05) is 29.4 Å². The molecule has 5 heteroatoms. The van der Waals surface area contributed by atoms with Crippen molar-refractivity contribution in [2.24, 2.45) is 0 Å². The van der Waals surface area contributed by atoms with Crippen LogP contribution >= 0.6 is 0 Å². The molecule has 2 heterocycles. The molecule has 2 aromatic carbocycles. The summed E-state index contributed by atoms with van der Waals surface area (Å²) in [5, 5.41) is 8.51. The predicted molar refractivity (Wildman–Crippen MR) is 102 cm³/mol. The maximum atomic E-state index is 5.50. The molecule has 0 saturated heterocycles. The van der Waals surface area contributed by atoms with Gasteiger partial charge in [-0.05, 0) is 56.2 Å². The molecule has 0 saturated carbocycles. The van der Waals surface area contributed by atoms with Gasteiger partial charge >= 0.3 is 0 Å². The molecule has 5 nitrogen and oxygen atoms in total. The maximum absolute atomic E-state index is 5.50. The first-order chi connectivity index (χ1) is 12.7. The number of nitrogens with zero attached hydrogens (tertiary/aromatic N) is 4. The van der Waals surface area contributed by atoms with Gasteiger partial charge in [0.25, 0.3) is 5.89 Å². The average molecular weight is 344 g/mol. The van der Waals surface area contributed by atoms with Crippen molar-refractivity contribution in [3.8, 4) is 34.1 Å². The summed E-state index contributed by atoms with van der Waals surface area (Å²) in [5.74, 6) is 1.12. The Balaban J connectivity index is 1.70. The van der Waals surface area contributed by atoms with Gasteiger partial charge in [0.2, 0.25) is 5.82 Å². The molecule has 0 fully saturated rings. The number of benzene rings is 2. The summed E-state index contributed by atoms with van der Waals surface area (Å²) < 4.78 is 7.46. The lowest BCUT2D eigenvalue weighted by Crippen LogP contribution is -1.98. The number of hydrogen-bond donors (Lipinski definition) is 0. The van der Waals surface area contributed by atoms with Crippen LogP contribution in [0.1, 0.15) is 18.1 Å². The Kier molecular flexibility index (Phi) is 4.13. The molecular formula is C21H20N4O. The third-order valence-electron chi connectivity index (χ3n) is 4.61. The molecule has 0 N–H and O–H groups in total. The fourth-order valence-corrected chi connectivity index (χ4v) is 2.98. The summed E-state index contributed by atoms with van der Waals surface area (Å²) in [6, 6.07) is 16.3. The van der Waals surface area contributed by atoms with Crippen LogP contribution in [0.15, 0.2) is 59.3 Å². The minimum Gasteiger partial charge on any atom is -0.334 e. The van der Waals surface area contributed by atoms with E-state index in [1.807, 2.05) is 35.1 Å². The van der Waals surface area contributed by atoms with Gasteiger partial charge in [-0.1, -0.05) is 29.4 Å². The smallest absolute Gasteiger partial charge is 0.258 e. The van der Waals surface area contributed by atoms with Crippen LogP contribution in [0.2, 0.25) is 0 Å². The lowest BCUT2D eigenvalue weighted by atomic mass is 10.1. The summed E-state index contributed by atoms with van der Waals surface area (Å²) in [7, 11) is 0. The third-order valence-corrected chi connectivity index (χ3v) is 4.61. The second kappa shape index (κ2) is 6.59. The van der Waals surface area contributed by atoms with Crippen molar-refractivity contribution < 1.29 is 4.52 Å². The van der Waals surface area contributed by atoms with Crippen molar-refractivity contribution in [3.63, 3.8) is 0 Å². The van der Waals surface area contributed by atoms with Crippen molar-refractivity contribution in [3.05, 3.63) is 65.9 Å². The first kappa shape index (κ1) is 16.3. The quantitative estimate of drug-likeness (QED) is 0.528. The Morgan fingerprint density at radius 1 is 0.923 bits per heavy atom. The molecule has 0 aliphatic rings. The highest BCUT2D eigenvalue weighted by Gasteiger charge is 2.13. The van der Waals surface area contributed by atoms with E-state index in [0.29, 0.717) is 11.7 Å². The Morgan fingerprint density at radius 3 is 2.58 bits per heavy atom. The maximum Gasteiger partial charge on any atom is 0.258 e. The molecule has 2 aromatic heterocycles. The Bertz CT molecular complexity index is 1060. The van der Waals surface area contributed by atoms with Crippen molar-refractivity contribution >= 4 is 0 Å². The standard InChI is InChI=1S/C21H20N4O/c1-4-25-19(10-11-22-25)16-6-5-7-17(13-16)20-23-21(26-24-20)18-9-8-14(2)15(3)12-18/h5-13H,4H2,1-3H3. The summed E-state index contributed by atoms with van der Waals surface area (Å²) in [4.78, 5) is 4.59. The summed E-state index contributed by atoms with van der Waals surface area (Å²) in [6.45, 7) is 7.07. The van der Waals surface area contributed by atoms with Gasteiger partial charge in [0.1, 0.15) is 0 Å². The fraction of sp³-hybridized carbons (Fsp3) is 0.190. The van der Waals surface area contributed by atoms with Gasteiger partial charge < -0.3 is 4.52 Å². The summed E-state index contributed by atoms with van der Waals surface area (Å²) >= 11 is 0. The van der Waals surface area contributed by atoms with Gasteiger partial charge in [-0.2, -0.15) is 10.1 Å². The van der Waals surface area contributed by atoms with E-state index in [9.17, 15) is 0 Å². The van der Waals surface area contributed by atoms with Crippen LogP contribution in [0.4, 0.5) is 0 Å². The van der Waals surface area contributed by atoms with Crippen LogP contribution in [-0.4, -0.2) is 19.9 Å². The average Bonchev–Trinajstić information content (AvgIpc) is 3.33. The molecule has 0 bridgehead atoms. The van der Waals surface area contributed by atoms with Gasteiger partial charge in [0.15, 0.2) is 0 Å². The van der Waals surface area contributed by atoms with E-state index in [2.05, 4.69) is 60.3 Å². The van der Waals surface area contributed by atoms with Crippen molar-refractivity contribution in [2.75, 3.05) is 0 Å². The van der Waals surface area contributed by atoms with Gasteiger partial charge in [-0.15, -0.1) is 0 Å². The molecule has 130 valence electrons. The Labute approximate surface area is 152 Å². The molecule has 4 aromatic rings. The Hall–Kier alpha value is -3.21. The molecule has 26 heavy (non-hydrogen) atoms. The second-order valence-corrected chi connectivity index (χ2v) is 6.34. The molecular weight excluding hydrogens is 324 g/mol. The number of hydrogen-bond acceptors (Lipinski definition) is 4. The van der Waals surface area contributed by atoms with E-state index in [-0.39, 0.29) is 0 Å². The zero-order valence-electron chi connectivity index (χ0n) is 15.1. The van der Waals surface area contributed by atoms with Gasteiger partial charge in [-0.3, -0.25) is 4.68 Å². The van der Waals surface area contributed by atoms with E-state index in [1.165, 1.54) is 11.1 Å². The zero-order chi connectivity index (χ0) is 18.1. The van der Waals surface area contributed by atoms with E-state index < -0.39 is 0 Å². The number of rotatable bonds is 4. The molecule has 0 atom stereocenters. The first-order valence-electron chi connectivity index (χ1n) is 8.69. The monoisotopic (exact) mass is 344 g/mol. The third kappa shape index (κ3) is 2.92. The normalized spacial score (nSPS) is 11.0. The highest BCUT2D eigenvalue weighted by Crippen LogP contribution is 2.27. The molecule has 0 unspecified atom stereocenters. The van der Waals surface area contributed by atoms with Crippen LogP contribution in [0.5, 0.6) is 0 Å². The van der Waals surface area contributed by atoms with Crippen molar-refractivity contribution in [1.29, 1.82) is 0 Å². The van der Waals surface area contributed by atoms with Crippen LogP contribution in [0.25, 0.3) is 34.1 Å². The lowest BCUT2D eigenvalue weighted by Gasteiger charge is -2.05. The van der Waals surface area contributed by atoms with Crippen molar-refractivity contribution in [1.82, 2.24) is 19.9 Å². The largest absolute Gasteiger partial charge is 0.334 e. The van der Waals surface area contributed by atoms with E-state index in [1.54, 1.807) is 0 Å².